The number of amides is 1. The fourth-order valence-corrected chi connectivity index (χ4v) is 1.71. The number of nitrogens with one attached hydrogen (secondary N) is 1. The van der Waals surface area contributed by atoms with Crippen LogP contribution in [0.25, 0.3) is 0 Å². The van der Waals surface area contributed by atoms with Gasteiger partial charge in [0, 0.05) is 12.7 Å². The Morgan fingerprint density at radius 3 is 2.52 bits per heavy atom. The summed E-state index contributed by atoms with van der Waals surface area (Å²) in [6.45, 7) is -1.45. The Kier molecular flexibility index (Phi) is 5.15. The van der Waals surface area contributed by atoms with E-state index in [1.54, 1.807) is 0 Å². The molecule has 0 atom stereocenters. The maximum Gasteiger partial charge on any atom is 0.422 e. The van der Waals surface area contributed by atoms with Crippen molar-refractivity contribution in [3.8, 4) is 5.88 Å². The first-order valence-corrected chi connectivity index (χ1v) is 6.52. The van der Waals surface area contributed by atoms with Gasteiger partial charge >= 0.3 is 6.18 Å². The normalized spacial score (nSPS) is 11.1. The molecule has 0 spiro atoms. The van der Waals surface area contributed by atoms with E-state index in [0.717, 1.165) is 0 Å². The van der Waals surface area contributed by atoms with Gasteiger partial charge in [-0.3, -0.25) is 4.79 Å². The fraction of sp³-hybridized carbons (Fsp3) is 0.200. The van der Waals surface area contributed by atoms with Crippen molar-refractivity contribution in [1.29, 1.82) is 0 Å². The summed E-state index contributed by atoms with van der Waals surface area (Å²) in [4.78, 5) is 15.7. The standard InChI is InChI=1S/C15H12F4N2O2/c16-11-5-3-10(4-6-11)8-21-13(22)12-2-1-7-20-14(12)23-9-15(17,18)19/h1-7H,8-9H2,(H,21,22). The van der Waals surface area contributed by atoms with E-state index < -0.39 is 30.4 Å². The molecule has 8 heteroatoms. The zero-order valence-corrected chi connectivity index (χ0v) is 11.7. The Bertz CT molecular complexity index is 672. The van der Waals surface area contributed by atoms with E-state index in [-0.39, 0.29) is 12.1 Å². The number of alkyl halides is 3. The molecule has 1 N–H and O–H groups in total. The molecule has 0 bridgehead atoms. The first-order chi connectivity index (χ1) is 10.8. The number of pyridine rings is 1. The van der Waals surface area contributed by atoms with Gasteiger partial charge in [-0.05, 0) is 29.8 Å². The van der Waals surface area contributed by atoms with Crippen LogP contribution >= 0.6 is 0 Å². The molecular weight excluding hydrogens is 316 g/mol. The minimum absolute atomic E-state index is 0.0900. The third kappa shape index (κ3) is 5.24. The molecule has 0 aliphatic carbocycles. The van der Waals surface area contributed by atoms with Crippen LogP contribution in [0.15, 0.2) is 42.6 Å². The third-order valence-corrected chi connectivity index (χ3v) is 2.75. The van der Waals surface area contributed by atoms with Gasteiger partial charge in [0.25, 0.3) is 5.91 Å². The lowest BCUT2D eigenvalue weighted by Gasteiger charge is -2.12. The first kappa shape index (κ1) is 16.7. The van der Waals surface area contributed by atoms with Crippen molar-refractivity contribution in [2.75, 3.05) is 6.61 Å². The number of carbonyl (C=O) groups is 1. The van der Waals surface area contributed by atoms with Gasteiger partial charge in [0.15, 0.2) is 6.61 Å². The van der Waals surface area contributed by atoms with E-state index in [1.165, 1.54) is 42.6 Å². The largest absolute Gasteiger partial charge is 0.467 e. The lowest BCUT2D eigenvalue weighted by atomic mass is 10.2. The summed E-state index contributed by atoms with van der Waals surface area (Å²) in [7, 11) is 0. The van der Waals surface area contributed by atoms with Crippen molar-refractivity contribution in [1.82, 2.24) is 10.3 Å². The summed E-state index contributed by atoms with van der Waals surface area (Å²) in [5, 5.41) is 2.51. The van der Waals surface area contributed by atoms with Gasteiger partial charge in [-0.15, -0.1) is 0 Å². The smallest absolute Gasteiger partial charge is 0.422 e. The molecule has 0 unspecified atom stereocenters. The van der Waals surface area contributed by atoms with E-state index in [9.17, 15) is 22.4 Å². The SMILES string of the molecule is O=C(NCc1ccc(F)cc1)c1cccnc1OCC(F)(F)F. The van der Waals surface area contributed by atoms with Gasteiger partial charge in [-0.2, -0.15) is 13.2 Å². The number of benzene rings is 1. The minimum atomic E-state index is -4.53. The Balaban J connectivity index is 2.02. The second-order valence-corrected chi connectivity index (χ2v) is 4.57. The van der Waals surface area contributed by atoms with Crippen LogP contribution in [0.4, 0.5) is 17.6 Å². The topological polar surface area (TPSA) is 51.2 Å². The van der Waals surface area contributed by atoms with Crippen molar-refractivity contribution in [3.63, 3.8) is 0 Å². The highest BCUT2D eigenvalue weighted by Gasteiger charge is 2.29. The zero-order chi connectivity index (χ0) is 16.9. The van der Waals surface area contributed by atoms with Crippen LogP contribution < -0.4 is 10.1 Å². The molecule has 4 nitrogen and oxygen atoms in total. The fourth-order valence-electron chi connectivity index (χ4n) is 1.71. The van der Waals surface area contributed by atoms with Crippen LogP contribution in [0.1, 0.15) is 15.9 Å². The molecule has 1 aromatic carbocycles. The number of nitrogens with zero attached hydrogens (tertiary/aromatic N) is 1. The Morgan fingerprint density at radius 1 is 1.17 bits per heavy atom. The summed E-state index contributed by atoms with van der Waals surface area (Å²) in [5.74, 6) is -1.45. The molecule has 0 saturated carbocycles. The predicted molar refractivity (Wildman–Crippen MR) is 73.4 cm³/mol. The first-order valence-electron chi connectivity index (χ1n) is 6.52. The maximum atomic E-state index is 12.8. The number of carbonyl (C=O) groups excluding carboxylic acids is 1. The van der Waals surface area contributed by atoms with Gasteiger partial charge in [0.1, 0.15) is 11.4 Å². The average Bonchev–Trinajstić information content (AvgIpc) is 2.52. The monoisotopic (exact) mass is 328 g/mol. The molecule has 1 heterocycles. The van der Waals surface area contributed by atoms with Gasteiger partial charge in [-0.1, -0.05) is 12.1 Å². The summed E-state index contributed by atoms with van der Waals surface area (Å²) in [5.41, 5.74) is 0.528. The molecule has 2 rings (SSSR count). The highest BCUT2D eigenvalue weighted by molar-refractivity contribution is 5.96. The Labute approximate surface area is 129 Å². The van der Waals surface area contributed by atoms with Crippen LogP contribution in [0, 0.1) is 5.82 Å². The summed E-state index contributed by atoms with van der Waals surface area (Å²) in [6, 6.07) is 8.17. The van der Waals surface area contributed by atoms with Crippen molar-refractivity contribution < 1.29 is 27.1 Å². The van der Waals surface area contributed by atoms with Gasteiger partial charge in [0.2, 0.25) is 5.88 Å². The number of halogens is 4. The molecule has 23 heavy (non-hydrogen) atoms. The van der Waals surface area contributed by atoms with E-state index in [0.29, 0.717) is 5.56 Å². The number of rotatable bonds is 5. The highest BCUT2D eigenvalue weighted by atomic mass is 19.4. The van der Waals surface area contributed by atoms with Gasteiger partial charge < -0.3 is 10.1 Å². The number of aromatic nitrogens is 1. The van der Waals surface area contributed by atoms with Crippen molar-refractivity contribution in [2.45, 2.75) is 12.7 Å². The van der Waals surface area contributed by atoms with Crippen LogP contribution in [-0.2, 0) is 6.54 Å². The van der Waals surface area contributed by atoms with E-state index in [2.05, 4.69) is 15.0 Å². The van der Waals surface area contributed by atoms with Crippen LogP contribution in [0.2, 0.25) is 0 Å². The van der Waals surface area contributed by atoms with E-state index in [4.69, 9.17) is 0 Å². The molecule has 122 valence electrons. The molecule has 0 saturated heterocycles. The van der Waals surface area contributed by atoms with Crippen molar-refractivity contribution >= 4 is 5.91 Å². The van der Waals surface area contributed by atoms with Crippen LogP contribution in [0.3, 0.4) is 0 Å². The quantitative estimate of drug-likeness (QED) is 0.858. The second-order valence-electron chi connectivity index (χ2n) is 4.57. The minimum Gasteiger partial charge on any atom is -0.467 e. The molecule has 0 fully saturated rings. The molecule has 2 aromatic rings. The zero-order valence-electron chi connectivity index (χ0n) is 11.7. The summed E-state index contributed by atoms with van der Waals surface area (Å²) < 4.78 is 53.9. The molecule has 0 aliphatic rings. The van der Waals surface area contributed by atoms with Crippen molar-refractivity contribution in [2.24, 2.45) is 0 Å². The average molecular weight is 328 g/mol. The van der Waals surface area contributed by atoms with Crippen LogP contribution in [-0.4, -0.2) is 23.7 Å². The molecule has 1 aromatic heterocycles. The van der Waals surface area contributed by atoms with Crippen molar-refractivity contribution in [3.05, 3.63) is 59.5 Å². The molecule has 0 aliphatic heterocycles. The Hall–Kier alpha value is -2.64. The third-order valence-electron chi connectivity index (χ3n) is 2.75. The number of hydrogen-bond donors (Lipinski definition) is 1. The predicted octanol–water partition coefficient (Wildman–Crippen LogP) is 3.09. The summed E-state index contributed by atoms with van der Waals surface area (Å²) in [6.07, 6.45) is -3.30. The highest BCUT2D eigenvalue weighted by Crippen LogP contribution is 2.20. The molecule has 0 radical (unpaired) electrons. The Morgan fingerprint density at radius 2 is 1.87 bits per heavy atom. The lowest BCUT2D eigenvalue weighted by Crippen LogP contribution is -2.25. The van der Waals surface area contributed by atoms with E-state index in [1.807, 2.05) is 0 Å². The number of ether oxygens (including phenoxy) is 1. The van der Waals surface area contributed by atoms with Gasteiger partial charge in [0.05, 0.1) is 0 Å². The van der Waals surface area contributed by atoms with Gasteiger partial charge in [-0.25, -0.2) is 9.37 Å². The second kappa shape index (κ2) is 7.08. The van der Waals surface area contributed by atoms with Crippen LogP contribution in [0.5, 0.6) is 5.88 Å². The maximum absolute atomic E-state index is 12.8. The molecule has 1 amide bonds. The summed E-state index contributed by atoms with van der Waals surface area (Å²) >= 11 is 0. The lowest BCUT2D eigenvalue weighted by molar-refractivity contribution is -0.154. The molecular formula is C15H12F4N2O2. The number of hydrogen-bond acceptors (Lipinski definition) is 3. The van der Waals surface area contributed by atoms with E-state index >= 15 is 0 Å².